The highest BCUT2D eigenvalue weighted by Gasteiger charge is 2.38. The van der Waals surface area contributed by atoms with Gasteiger partial charge in [-0.1, -0.05) is 30.8 Å². The molecule has 10 nitrogen and oxygen atoms in total. The lowest BCUT2D eigenvalue weighted by Gasteiger charge is -2.31. The molecule has 2 N–H and O–H groups in total. The lowest BCUT2D eigenvalue weighted by Crippen LogP contribution is -2.45. The fourth-order valence-corrected chi connectivity index (χ4v) is 5.22. The average Bonchev–Trinajstić information content (AvgIpc) is 3.22. The first-order valence-electron chi connectivity index (χ1n) is 13.0. The number of aryl methyl sites for hydroxylation is 2. The molecule has 194 valence electrons. The number of carbonyl (C=O) groups excluding carboxylic acids is 3. The van der Waals surface area contributed by atoms with Crippen molar-refractivity contribution in [3.63, 3.8) is 0 Å². The van der Waals surface area contributed by atoms with Crippen molar-refractivity contribution in [2.24, 2.45) is 5.92 Å². The van der Waals surface area contributed by atoms with Crippen LogP contribution in [0.2, 0.25) is 0 Å². The Kier molecular flexibility index (Phi) is 8.32. The smallest absolute Gasteiger partial charge is 0.228 e. The number of anilines is 1. The number of nitrogens with one attached hydrogen (secondary N) is 2. The van der Waals surface area contributed by atoms with Crippen molar-refractivity contribution in [2.75, 3.05) is 18.4 Å². The zero-order chi connectivity index (χ0) is 25.5. The molecule has 1 aliphatic carbocycles. The van der Waals surface area contributed by atoms with E-state index in [9.17, 15) is 14.4 Å². The van der Waals surface area contributed by atoms with Gasteiger partial charge in [0.25, 0.3) is 0 Å². The van der Waals surface area contributed by atoms with Crippen LogP contribution in [0.1, 0.15) is 82.0 Å². The Labute approximate surface area is 211 Å². The lowest BCUT2D eigenvalue weighted by atomic mass is 9.89. The molecular weight excluding hydrogens is 460 g/mol. The number of aromatic nitrogens is 3. The SMILES string of the molecule is CC(=O)NC1(c2noc(CCC(=O)N3CCC(C(=O)Nc4cc(C)ccn4)CC3)n2)CCCCCC1. The van der Waals surface area contributed by atoms with Gasteiger partial charge in [-0.15, -0.1) is 0 Å². The number of rotatable bonds is 7. The van der Waals surface area contributed by atoms with Gasteiger partial charge in [0.05, 0.1) is 0 Å². The Balaban J connectivity index is 1.27. The second kappa shape index (κ2) is 11.6. The molecule has 36 heavy (non-hydrogen) atoms. The number of likely N-dealkylation sites (tertiary alicyclic amines) is 1. The second-order valence-corrected chi connectivity index (χ2v) is 10.1. The van der Waals surface area contributed by atoms with Crippen LogP contribution in [0.25, 0.3) is 0 Å². The van der Waals surface area contributed by atoms with Crippen LogP contribution in [0.15, 0.2) is 22.9 Å². The molecule has 2 aromatic rings. The first-order chi connectivity index (χ1) is 17.3. The summed E-state index contributed by atoms with van der Waals surface area (Å²) in [5.74, 6) is 1.20. The normalized spacial score (nSPS) is 18.3. The van der Waals surface area contributed by atoms with Crippen LogP contribution in [0.5, 0.6) is 0 Å². The van der Waals surface area contributed by atoms with Crippen molar-refractivity contribution in [3.05, 3.63) is 35.6 Å². The zero-order valence-corrected chi connectivity index (χ0v) is 21.2. The fourth-order valence-electron chi connectivity index (χ4n) is 5.22. The van der Waals surface area contributed by atoms with Crippen molar-refractivity contribution < 1.29 is 18.9 Å². The van der Waals surface area contributed by atoms with Crippen LogP contribution < -0.4 is 10.6 Å². The van der Waals surface area contributed by atoms with E-state index in [1.807, 2.05) is 19.1 Å². The standard InChI is InChI=1S/C26H36N6O4/c1-18-9-14-27-21(17-18)28-24(35)20-10-15-32(16-11-20)23(34)8-7-22-29-25(31-36-22)26(30-19(2)33)12-5-3-4-6-13-26/h9,14,17,20H,3-8,10-13,15-16H2,1-2H3,(H,30,33)(H,27,28,35). The van der Waals surface area contributed by atoms with E-state index in [4.69, 9.17) is 4.52 Å². The molecule has 2 aromatic heterocycles. The number of hydrogen-bond donors (Lipinski definition) is 2. The maximum atomic E-state index is 12.8. The molecule has 1 saturated heterocycles. The van der Waals surface area contributed by atoms with E-state index >= 15 is 0 Å². The van der Waals surface area contributed by atoms with E-state index in [1.165, 1.54) is 6.92 Å². The Morgan fingerprint density at radius 3 is 2.53 bits per heavy atom. The lowest BCUT2D eigenvalue weighted by molar-refractivity contribution is -0.134. The number of pyridine rings is 1. The molecule has 3 heterocycles. The first-order valence-corrected chi connectivity index (χ1v) is 13.0. The van der Waals surface area contributed by atoms with Gasteiger partial charge < -0.3 is 20.1 Å². The van der Waals surface area contributed by atoms with Gasteiger partial charge in [-0.05, 0) is 50.3 Å². The summed E-state index contributed by atoms with van der Waals surface area (Å²) < 4.78 is 5.47. The maximum absolute atomic E-state index is 12.8. The molecule has 0 atom stereocenters. The van der Waals surface area contributed by atoms with Crippen molar-refractivity contribution in [1.82, 2.24) is 25.3 Å². The molecule has 0 aromatic carbocycles. The zero-order valence-electron chi connectivity index (χ0n) is 21.2. The van der Waals surface area contributed by atoms with Crippen LogP contribution in [-0.2, 0) is 26.3 Å². The topological polar surface area (TPSA) is 130 Å². The summed E-state index contributed by atoms with van der Waals surface area (Å²) in [4.78, 5) is 47.9. The predicted octanol–water partition coefficient (Wildman–Crippen LogP) is 3.27. The van der Waals surface area contributed by atoms with Crippen LogP contribution in [0, 0.1) is 12.8 Å². The van der Waals surface area contributed by atoms with E-state index < -0.39 is 5.54 Å². The van der Waals surface area contributed by atoms with Gasteiger partial charge in [0, 0.05) is 45.0 Å². The van der Waals surface area contributed by atoms with E-state index in [0.29, 0.717) is 49.9 Å². The van der Waals surface area contributed by atoms with Crippen LogP contribution in [0.3, 0.4) is 0 Å². The molecule has 0 radical (unpaired) electrons. The number of hydrogen-bond acceptors (Lipinski definition) is 7. The summed E-state index contributed by atoms with van der Waals surface area (Å²) in [6, 6.07) is 3.72. The molecule has 0 unspecified atom stereocenters. The van der Waals surface area contributed by atoms with Gasteiger partial charge >= 0.3 is 0 Å². The first kappa shape index (κ1) is 25.8. The monoisotopic (exact) mass is 496 g/mol. The summed E-state index contributed by atoms with van der Waals surface area (Å²) in [5.41, 5.74) is 0.443. The predicted molar refractivity (Wildman–Crippen MR) is 133 cm³/mol. The third-order valence-corrected chi connectivity index (χ3v) is 7.21. The molecule has 1 saturated carbocycles. The van der Waals surface area contributed by atoms with Crippen molar-refractivity contribution in [1.29, 1.82) is 0 Å². The minimum atomic E-state index is -0.593. The maximum Gasteiger partial charge on any atom is 0.228 e. The highest BCUT2D eigenvalue weighted by molar-refractivity contribution is 5.92. The van der Waals surface area contributed by atoms with Gasteiger partial charge in [-0.3, -0.25) is 14.4 Å². The van der Waals surface area contributed by atoms with E-state index in [1.54, 1.807) is 11.1 Å². The number of nitrogens with zero attached hydrogens (tertiary/aromatic N) is 4. The Bertz CT molecular complexity index is 1070. The molecule has 10 heteroatoms. The Morgan fingerprint density at radius 1 is 1.14 bits per heavy atom. The van der Waals surface area contributed by atoms with Gasteiger partial charge in [-0.25, -0.2) is 4.98 Å². The van der Waals surface area contributed by atoms with Gasteiger partial charge in [-0.2, -0.15) is 4.98 Å². The van der Waals surface area contributed by atoms with Crippen molar-refractivity contribution in [3.8, 4) is 0 Å². The molecule has 2 fully saturated rings. The molecular formula is C26H36N6O4. The van der Waals surface area contributed by atoms with Crippen LogP contribution in [0.4, 0.5) is 5.82 Å². The molecule has 3 amide bonds. The minimum absolute atomic E-state index is 0.0139. The highest BCUT2D eigenvalue weighted by Crippen LogP contribution is 2.34. The Morgan fingerprint density at radius 2 is 1.86 bits per heavy atom. The van der Waals surface area contributed by atoms with E-state index in [-0.39, 0.29) is 30.1 Å². The molecule has 1 aliphatic heterocycles. The fraction of sp³-hybridized carbons (Fsp3) is 0.615. The number of carbonyl (C=O) groups is 3. The average molecular weight is 497 g/mol. The van der Waals surface area contributed by atoms with Gasteiger partial charge in [0.2, 0.25) is 23.6 Å². The summed E-state index contributed by atoms with van der Waals surface area (Å²) >= 11 is 0. The second-order valence-electron chi connectivity index (χ2n) is 10.1. The molecule has 0 bridgehead atoms. The third kappa shape index (κ3) is 6.47. The summed E-state index contributed by atoms with van der Waals surface area (Å²) in [6.45, 7) is 4.55. The quantitative estimate of drug-likeness (QED) is 0.563. The highest BCUT2D eigenvalue weighted by atomic mass is 16.5. The van der Waals surface area contributed by atoms with Crippen LogP contribution >= 0.6 is 0 Å². The summed E-state index contributed by atoms with van der Waals surface area (Å²) in [6.07, 6.45) is 9.34. The third-order valence-electron chi connectivity index (χ3n) is 7.21. The summed E-state index contributed by atoms with van der Waals surface area (Å²) in [5, 5.41) is 10.2. The Hall–Kier alpha value is -3.30. The van der Waals surface area contributed by atoms with Crippen molar-refractivity contribution >= 4 is 23.5 Å². The largest absolute Gasteiger partial charge is 0.343 e. The van der Waals surface area contributed by atoms with Crippen LogP contribution in [-0.4, -0.2) is 50.8 Å². The van der Waals surface area contributed by atoms with Gasteiger partial charge in [0.1, 0.15) is 11.4 Å². The molecule has 0 spiro atoms. The van der Waals surface area contributed by atoms with E-state index in [2.05, 4.69) is 25.8 Å². The van der Waals surface area contributed by atoms with Gasteiger partial charge in [0.15, 0.2) is 5.82 Å². The number of amides is 3. The van der Waals surface area contributed by atoms with Crippen molar-refractivity contribution in [2.45, 2.75) is 83.6 Å². The minimum Gasteiger partial charge on any atom is -0.343 e. The molecule has 4 rings (SSSR count). The summed E-state index contributed by atoms with van der Waals surface area (Å²) in [7, 11) is 0. The number of piperidine rings is 1. The van der Waals surface area contributed by atoms with E-state index in [0.717, 1.165) is 44.1 Å². The molecule has 2 aliphatic rings.